The Morgan fingerprint density at radius 3 is 2.00 bits per heavy atom. The smallest absolute Gasteiger partial charge is 0.320 e. The van der Waals surface area contributed by atoms with E-state index in [4.69, 9.17) is 14.2 Å². The maximum absolute atomic E-state index is 12.0. The van der Waals surface area contributed by atoms with Crippen LogP contribution in [0.3, 0.4) is 0 Å². The summed E-state index contributed by atoms with van der Waals surface area (Å²) < 4.78 is 14.1. The van der Waals surface area contributed by atoms with E-state index in [0.717, 1.165) is 25.9 Å². The van der Waals surface area contributed by atoms with Crippen molar-refractivity contribution in [2.45, 2.75) is 25.7 Å². The fourth-order valence-corrected chi connectivity index (χ4v) is 2.92. The van der Waals surface area contributed by atoms with E-state index in [9.17, 15) is 14.4 Å². The van der Waals surface area contributed by atoms with Crippen LogP contribution in [-0.4, -0.2) is 52.3 Å². The molecule has 7 nitrogen and oxygen atoms in total. The lowest BCUT2D eigenvalue weighted by Gasteiger charge is -2.29. The van der Waals surface area contributed by atoms with Gasteiger partial charge in [-0.3, -0.25) is 14.4 Å². The molecule has 1 atom stereocenters. The third-order valence-electron chi connectivity index (χ3n) is 4.13. The Bertz CT molecular complexity index is 375. The molecule has 126 valence electrons. The summed E-state index contributed by atoms with van der Waals surface area (Å²) in [6, 6.07) is 0. The molecule has 1 heterocycles. The van der Waals surface area contributed by atoms with Crippen molar-refractivity contribution >= 4 is 17.9 Å². The van der Waals surface area contributed by atoms with Gasteiger partial charge in [0.05, 0.1) is 21.3 Å². The predicted octanol–water partition coefficient (Wildman–Crippen LogP) is 0.518. The fourth-order valence-electron chi connectivity index (χ4n) is 2.92. The molecule has 1 unspecified atom stereocenters. The number of hydrogen-bond acceptors (Lipinski definition) is 7. The monoisotopic (exact) mass is 315 g/mol. The van der Waals surface area contributed by atoms with Gasteiger partial charge in [-0.2, -0.15) is 0 Å². The van der Waals surface area contributed by atoms with E-state index < -0.39 is 29.7 Å². The maximum Gasteiger partial charge on any atom is 0.320 e. The highest BCUT2D eigenvalue weighted by atomic mass is 16.5. The van der Waals surface area contributed by atoms with Gasteiger partial charge < -0.3 is 19.5 Å². The molecule has 0 aromatic heterocycles. The van der Waals surface area contributed by atoms with Gasteiger partial charge in [0.2, 0.25) is 0 Å². The number of ether oxygens (including phenoxy) is 3. The quantitative estimate of drug-likeness (QED) is 0.416. The summed E-state index contributed by atoms with van der Waals surface area (Å²) in [7, 11) is 3.73. The summed E-state index contributed by atoms with van der Waals surface area (Å²) in [5, 5.41) is 3.26. The van der Waals surface area contributed by atoms with E-state index in [0.29, 0.717) is 12.3 Å². The molecule has 0 saturated carbocycles. The SMILES string of the molecule is COC(=O)CC(CC1CCNCC1)C(C(=O)OC)C(=O)OC. The zero-order chi connectivity index (χ0) is 16.5. The minimum atomic E-state index is -1.09. The van der Waals surface area contributed by atoms with Crippen molar-refractivity contribution in [3.05, 3.63) is 0 Å². The number of hydrogen-bond donors (Lipinski definition) is 1. The van der Waals surface area contributed by atoms with Crippen LogP contribution in [0.4, 0.5) is 0 Å². The highest BCUT2D eigenvalue weighted by Crippen LogP contribution is 2.30. The molecule has 1 aliphatic rings. The molecule has 0 aliphatic carbocycles. The molecule has 0 spiro atoms. The van der Waals surface area contributed by atoms with Crippen LogP contribution in [0.25, 0.3) is 0 Å². The number of esters is 3. The second-order valence-corrected chi connectivity index (χ2v) is 5.49. The summed E-state index contributed by atoms with van der Waals surface area (Å²) in [6.45, 7) is 1.80. The molecular weight excluding hydrogens is 290 g/mol. The minimum Gasteiger partial charge on any atom is -0.469 e. The molecule has 1 N–H and O–H groups in total. The van der Waals surface area contributed by atoms with Crippen molar-refractivity contribution < 1.29 is 28.6 Å². The molecule has 0 aromatic carbocycles. The van der Waals surface area contributed by atoms with Gasteiger partial charge in [0.15, 0.2) is 5.92 Å². The standard InChI is InChI=1S/C15H25NO6/c1-20-12(17)9-11(8-10-4-6-16-7-5-10)13(14(18)21-2)15(19)22-3/h10-11,13,16H,4-9H2,1-3H3. The molecule has 1 rings (SSSR count). The van der Waals surface area contributed by atoms with E-state index in [-0.39, 0.29) is 6.42 Å². The van der Waals surface area contributed by atoms with Crippen molar-refractivity contribution in [1.29, 1.82) is 0 Å². The molecular formula is C15H25NO6. The third-order valence-corrected chi connectivity index (χ3v) is 4.13. The van der Waals surface area contributed by atoms with Crippen LogP contribution in [0.2, 0.25) is 0 Å². The summed E-state index contributed by atoms with van der Waals surface area (Å²) in [4.78, 5) is 35.6. The number of piperidine rings is 1. The van der Waals surface area contributed by atoms with E-state index in [2.05, 4.69) is 5.32 Å². The summed E-state index contributed by atoms with van der Waals surface area (Å²) in [6.07, 6.45) is 2.49. The Hall–Kier alpha value is -1.63. The third kappa shape index (κ3) is 5.29. The van der Waals surface area contributed by atoms with Crippen molar-refractivity contribution in [1.82, 2.24) is 5.32 Å². The summed E-state index contributed by atoms with van der Waals surface area (Å²) >= 11 is 0. The zero-order valence-electron chi connectivity index (χ0n) is 13.4. The van der Waals surface area contributed by atoms with Gasteiger partial charge >= 0.3 is 17.9 Å². The second-order valence-electron chi connectivity index (χ2n) is 5.49. The Morgan fingerprint density at radius 1 is 1.00 bits per heavy atom. The Kier molecular flexibility index (Phi) is 7.87. The fraction of sp³-hybridized carbons (Fsp3) is 0.800. The van der Waals surface area contributed by atoms with E-state index >= 15 is 0 Å². The van der Waals surface area contributed by atoms with Gasteiger partial charge in [-0.25, -0.2) is 0 Å². The van der Waals surface area contributed by atoms with Crippen LogP contribution in [0.5, 0.6) is 0 Å². The first kappa shape index (κ1) is 18.4. The lowest BCUT2D eigenvalue weighted by molar-refractivity contribution is -0.162. The normalized spacial score (nSPS) is 16.9. The molecule has 22 heavy (non-hydrogen) atoms. The molecule has 1 fully saturated rings. The van der Waals surface area contributed by atoms with E-state index in [1.807, 2.05) is 0 Å². The largest absolute Gasteiger partial charge is 0.469 e. The molecule has 7 heteroatoms. The minimum absolute atomic E-state index is 0.00467. The van der Waals surface area contributed by atoms with Crippen LogP contribution in [-0.2, 0) is 28.6 Å². The number of methoxy groups -OCH3 is 3. The van der Waals surface area contributed by atoms with Gasteiger partial charge in [0.1, 0.15) is 0 Å². The van der Waals surface area contributed by atoms with Crippen LogP contribution in [0.15, 0.2) is 0 Å². The summed E-state index contributed by atoms with van der Waals surface area (Å²) in [5.74, 6) is -3.01. The number of rotatable bonds is 7. The van der Waals surface area contributed by atoms with Gasteiger partial charge in [-0.1, -0.05) is 0 Å². The number of carbonyl (C=O) groups is 3. The van der Waals surface area contributed by atoms with E-state index in [1.54, 1.807) is 0 Å². The van der Waals surface area contributed by atoms with Crippen molar-refractivity contribution in [3.8, 4) is 0 Å². The Morgan fingerprint density at radius 2 is 1.55 bits per heavy atom. The lowest BCUT2D eigenvalue weighted by atomic mass is 9.79. The van der Waals surface area contributed by atoms with Crippen molar-refractivity contribution in [2.75, 3.05) is 34.4 Å². The van der Waals surface area contributed by atoms with E-state index in [1.165, 1.54) is 21.3 Å². The highest BCUT2D eigenvalue weighted by molar-refractivity contribution is 5.95. The average Bonchev–Trinajstić information content (AvgIpc) is 2.55. The Labute approximate surface area is 130 Å². The zero-order valence-corrected chi connectivity index (χ0v) is 13.4. The molecule has 0 aromatic rings. The molecule has 0 bridgehead atoms. The second kappa shape index (κ2) is 9.40. The average molecular weight is 315 g/mol. The molecule has 0 amide bonds. The first-order chi connectivity index (χ1) is 10.5. The van der Waals surface area contributed by atoms with Crippen LogP contribution < -0.4 is 5.32 Å². The number of nitrogens with one attached hydrogen (secondary N) is 1. The summed E-state index contributed by atoms with van der Waals surface area (Å²) in [5.41, 5.74) is 0. The van der Waals surface area contributed by atoms with Crippen LogP contribution in [0, 0.1) is 17.8 Å². The van der Waals surface area contributed by atoms with Gasteiger partial charge in [-0.05, 0) is 44.2 Å². The first-order valence-corrected chi connectivity index (χ1v) is 7.46. The topological polar surface area (TPSA) is 90.9 Å². The Balaban J connectivity index is 2.90. The first-order valence-electron chi connectivity index (χ1n) is 7.46. The van der Waals surface area contributed by atoms with Crippen LogP contribution in [0.1, 0.15) is 25.7 Å². The van der Waals surface area contributed by atoms with Gasteiger partial charge in [0, 0.05) is 6.42 Å². The lowest BCUT2D eigenvalue weighted by Crippen LogP contribution is -2.37. The molecule has 1 aliphatic heterocycles. The maximum atomic E-state index is 12.0. The van der Waals surface area contributed by atoms with Gasteiger partial charge in [0.25, 0.3) is 0 Å². The van der Waals surface area contributed by atoms with Crippen molar-refractivity contribution in [3.63, 3.8) is 0 Å². The highest BCUT2D eigenvalue weighted by Gasteiger charge is 2.39. The number of carbonyl (C=O) groups excluding carboxylic acids is 3. The van der Waals surface area contributed by atoms with Gasteiger partial charge in [-0.15, -0.1) is 0 Å². The molecule has 1 saturated heterocycles. The molecule has 0 radical (unpaired) electrons. The van der Waals surface area contributed by atoms with Crippen molar-refractivity contribution in [2.24, 2.45) is 17.8 Å². The predicted molar refractivity (Wildman–Crippen MR) is 77.9 cm³/mol. The van der Waals surface area contributed by atoms with Crippen LogP contribution >= 0.6 is 0 Å².